The van der Waals surface area contributed by atoms with Crippen LogP contribution >= 0.6 is 0 Å². The number of rotatable bonds is 11. The summed E-state index contributed by atoms with van der Waals surface area (Å²) in [5.74, 6) is 2.08. The third-order valence-corrected chi connectivity index (χ3v) is 6.47. The maximum atomic E-state index is 6.61. The molecule has 0 aromatic carbocycles. The molecule has 2 nitrogen and oxygen atoms in total. The van der Waals surface area contributed by atoms with Gasteiger partial charge in [0.2, 0.25) is 0 Å². The highest BCUT2D eigenvalue weighted by Gasteiger charge is 2.33. The van der Waals surface area contributed by atoms with Crippen molar-refractivity contribution in [1.82, 2.24) is 0 Å². The van der Waals surface area contributed by atoms with Crippen LogP contribution in [0.15, 0.2) is 12.2 Å². The number of allylic oxidation sites excluding steroid dienone is 1. The molecule has 0 N–H and O–H groups in total. The molecular weight excluding hydrogens is 340 g/mol. The Hall–Kier alpha value is 0.0938. The molecule has 0 amide bonds. The average molecular weight is 387 g/mol. The fourth-order valence-electron chi connectivity index (χ4n) is 3.74. The molecule has 0 aromatic heterocycles. The molecule has 0 bridgehead atoms. The Bertz CT molecular complexity index is 394. The minimum atomic E-state index is -1.57. The largest absolute Gasteiger partial charge is 0.414 e. The van der Waals surface area contributed by atoms with Crippen molar-refractivity contribution in [1.29, 1.82) is 0 Å². The van der Waals surface area contributed by atoms with Crippen molar-refractivity contribution < 1.29 is 8.85 Å². The molecule has 0 saturated heterocycles. The molecule has 5 atom stereocenters. The molecule has 0 rings (SSSR count). The van der Waals surface area contributed by atoms with E-state index in [-0.39, 0.29) is 0 Å². The van der Waals surface area contributed by atoms with Crippen LogP contribution in [0.1, 0.15) is 48.0 Å². The Morgan fingerprint density at radius 3 is 1.48 bits per heavy atom. The van der Waals surface area contributed by atoms with E-state index in [0.717, 1.165) is 6.42 Å². The van der Waals surface area contributed by atoms with Gasteiger partial charge in [-0.2, -0.15) is 0 Å². The topological polar surface area (TPSA) is 18.5 Å². The van der Waals surface area contributed by atoms with Gasteiger partial charge in [0.25, 0.3) is 0 Å². The van der Waals surface area contributed by atoms with Crippen LogP contribution in [-0.2, 0) is 8.85 Å². The van der Waals surface area contributed by atoms with Gasteiger partial charge in [-0.3, -0.25) is 0 Å². The first-order valence-electron chi connectivity index (χ1n) is 10.2. The molecule has 0 aliphatic heterocycles. The third-order valence-electron chi connectivity index (χ3n) is 4.52. The van der Waals surface area contributed by atoms with E-state index in [4.69, 9.17) is 8.85 Å². The predicted molar refractivity (Wildman–Crippen MR) is 118 cm³/mol. The second kappa shape index (κ2) is 10.4. The Labute approximate surface area is 161 Å². The summed E-state index contributed by atoms with van der Waals surface area (Å²) in [4.78, 5) is 0. The highest BCUT2D eigenvalue weighted by atomic mass is 28.4. The smallest absolute Gasteiger partial charge is 0.184 e. The predicted octanol–water partition coefficient (Wildman–Crippen LogP) is 6.96. The maximum absolute atomic E-state index is 6.61. The van der Waals surface area contributed by atoms with E-state index in [1.807, 2.05) is 0 Å². The van der Waals surface area contributed by atoms with Gasteiger partial charge in [-0.15, -0.1) is 0 Å². The van der Waals surface area contributed by atoms with Gasteiger partial charge in [-0.25, -0.2) is 0 Å². The fourth-order valence-corrected chi connectivity index (χ4v) is 6.32. The van der Waals surface area contributed by atoms with Crippen molar-refractivity contribution in [3.8, 4) is 0 Å². The molecule has 25 heavy (non-hydrogen) atoms. The van der Waals surface area contributed by atoms with Crippen LogP contribution in [0.25, 0.3) is 0 Å². The summed E-state index contributed by atoms with van der Waals surface area (Å²) in [6.45, 7) is 27.5. The van der Waals surface area contributed by atoms with Gasteiger partial charge in [-0.1, -0.05) is 46.8 Å². The van der Waals surface area contributed by atoms with Crippen molar-refractivity contribution in [3.63, 3.8) is 0 Å². The van der Waals surface area contributed by atoms with Gasteiger partial charge in [-0.05, 0) is 76.3 Å². The zero-order valence-corrected chi connectivity index (χ0v) is 21.1. The summed E-state index contributed by atoms with van der Waals surface area (Å²) in [6.07, 6.45) is 6.25. The quantitative estimate of drug-likeness (QED) is 0.282. The Morgan fingerprint density at radius 2 is 1.12 bits per heavy atom. The molecule has 0 aliphatic carbocycles. The first-order valence-corrected chi connectivity index (χ1v) is 17.0. The lowest BCUT2D eigenvalue weighted by molar-refractivity contribution is 0.0451. The average Bonchev–Trinajstić information content (AvgIpc) is 2.39. The standard InChI is InChI=1S/C21H46O2Si2/c1-13-14-17(4)21(23-25(10,11)12)19(6)15-18(5)20(16(2)3)22-24(7,8)9/h13-14,16-21H,15H2,1-12H3/b14-13+/t17-,18-,19-,20-,21+/m1/s1. The second-order valence-corrected chi connectivity index (χ2v) is 19.1. The van der Waals surface area contributed by atoms with Crippen LogP contribution in [0, 0.1) is 23.7 Å². The van der Waals surface area contributed by atoms with E-state index in [0.29, 0.717) is 35.9 Å². The van der Waals surface area contributed by atoms with Crippen molar-refractivity contribution in [2.75, 3.05) is 0 Å². The van der Waals surface area contributed by atoms with E-state index < -0.39 is 16.6 Å². The van der Waals surface area contributed by atoms with Crippen molar-refractivity contribution >= 4 is 16.6 Å². The molecular formula is C21H46O2Si2. The van der Waals surface area contributed by atoms with E-state index in [2.05, 4.69) is 93.0 Å². The Morgan fingerprint density at radius 1 is 0.720 bits per heavy atom. The lowest BCUT2D eigenvalue weighted by Crippen LogP contribution is -2.42. The second-order valence-electron chi connectivity index (χ2n) is 10.2. The van der Waals surface area contributed by atoms with Crippen LogP contribution < -0.4 is 0 Å². The van der Waals surface area contributed by atoms with Gasteiger partial charge in [0.15, 0.2) is 16.6 Å². The fraction of sp³-hybridized carbons (Fsp3) is 0.905. The Kier molecular flexibility index (Phi) is 10.5. The molecule has 0 spiro atoms. The molecule has 0 aromatic rings. The molecule has 0 fully saturated rings. The third kappa shape index (κ3) is 10.7. The van der Waals surface area contributed by atoms with Gasteiger partial charge in [0.1, 0.15) is 0 Å². The summed E-state index contributed by atoms with van der Waals surface area (Å²) in [5, 5.41) is 0. The molecule has 0 heterocycles. The molecule has 0 aliphatic rings. The SMILES string of the molecule is C/C=C/[C@@H](C)[C@H](O[Si](C)(C)C)[C@H](C)C[C@@H](C)[C@H](O[Si](C)(C)C)C(C)C. The van der Waals surface area contributed by atoms with E-state index in [1.165, 1.54) is 0 Å². The molecule has 0 radical (unpaired) electrons. The summed E-state index contributed by atoms with van der Waals surface area (Å²) >= 11 is 0. The summed E-state index contributed by atoms with van der Waals surface area (Å²) in [6, 6.07) is 0. The van der Waals surface area contributed by atoms with Crippen LogP contribution in [0.2, 0.25) is 39.3 Å². The summed E-state index contributed by atoms with van der Waals surface area (Å²) in [5.41, 5.74) is 0. The van der Waals surface area contributed by atoms with Crippen molar-refractivity contribution in [2.24, 2.45) is 23.7 Å². The van der Waals surface area contributed by atoms with Gasteiger partial charge < -0.3 is 8.85 Å². The van der Waals surface area contributed by atoms with Gasteiger partial charge >= 0.3 is 0 Å². The molecule has 0 unspecified atom stereocenters. The first-order chi connectivity index (χ1) is 11.2. The highest BCUT2D eigenvalue weighted by molar-refractivity contribution is 6.70. The number of hydrogen-bond acceptors (Lipinski definition) is 2. The van der Waals surface area contributed by atoms with Crippen LogP contribution in [0.3, 0.4) is 0 Å². The van der Waals surface area contributed by atoms with Gasteiger partial charge in [0.05, 0.1) is 6.10 Å². The molecule has 4 heteroatoms. The minimum Gasteiger partial charge on any atom is -0.414 e. The highest BCUT2D eigenvalue weighted by Crippen LogP contribution is 2.31. The molecule has 150 valence electrons. The number of hydrogen-bond donors (Lipinski definition) is 0. The zero-order valence-electron chi connectivity index (χ0n) is 19.1. The van der Waals surface area contributed by atoms with Crippen LogP contribution in [-0.4, -0.2) is 28.8 Å². The summed E-state index contributed by atoms with van der Waals surface area (Å²) in [7, 11) is -3.10. The lowest BCUT2D eigenvalue weighted by Gasteiger charge is -2.38. The van der Waals surface area contributed by atoms with Crippen LogP contribution in [0.5, 0.6) is 0 Å². The minimum absolute atomic E-state index is 0.296. The zero-order chi connectivity index (χ0) is 20.0. The van der Waals surface area contributed by atoms with Gasteiger partial charge in [0, 0.05) is 6.10 Å². The normalized spacial score (nSPS) is 19.9. The Balaban J connectivity index is 5.19. The van der Waals surface area contributed by atoms with Crippen LogP contribution in [0.4, 0.5) is 0 Å². The maximum Gasteiger partial charge on any atom is 0.184 e. The van der Waals surface area contributed by atoms with Crippen molar-refractivity contribution in [3.05, 3.63) is 12.2 Å². The lowest BCUT2D eigenvalue weighted by atomic mass is 9.82. The first kappa shape index (κ1) is 25.1. The van der Waals surface area contributed by atoms with E-state index in [1.54, 1.807) is 0 Å². The molecule has 0 saturated carbocycles. The monoisotopic (exact) mass is 386 g/mol. The van der Waals surface area contributed by atoms with E-state index >= 15 is 0 Å². The summed E-state index contributed by atoms with van der Waals surface area (Å²) < 4.78 is 13.2. The van der Waals surface area contributed by atoms with Crippen molar-refractivity contribution in [2.45, 2.75) is 99.5 Å². The van der Waals surface area contributed by atoms with E-state index in [9.17, 15) is 0 Å².